The maximum absolute atomic E-state index is 12.3. The number of alkyl halides is 3. The summed E-state index contributed by atoms with van der Waals surface area (Å²) in [7, 11) is 0. The van der Waals surface area contributed by atoms with Crippen molar-refractivity contribution in [3.63, 3.8) is 0 Å². The second-order valence-corrected chi connectivity index (χ2v) is 4.81. The summed E-state index contributed by atoms with van der Waals surface area (Å²) < 4.78 is 37.7. The van der Waals surface area contributed by atoms with E-state index in [4.69, 9.17) is 34.8 Å². The van der Waals surface area contributed by atoms with Gasteiger partial charge < -0.3 is 0 Å². The maximum Gasteiger partial charge on any atom is 0.456 e. The first-order valence-electron chi connectivity index (χ1n) is 4.89. The Morgan fingerprint density at radius 1 is 1.10 bits per heavy atom. The standard InChI is InChI=1S/C10H3Cl3F3N3O/c11-4-1-6(13)8(2-5(4)12)19-3-7(17-18-19)9(20)10(14,15)16/h1-3H. The highest BCUT2D eigenvalue weighted by Crippen LogP contribution is 2.31. The minimum absolute atomic E-state index is 0.0929. The predicted molar refractivity (Wildman–Crippen MR) is 66.8 cm³/mol. The minimum Gasteiger partial charge on any atom is -0.282 e. The van der Waals surface area contributed by atoms with Gasteiger partial charge in [-0.1, -0.05) is 40.0 Å². The van der Waals surface area contributed by atoms with Crippen molar-refractivity contribution in [3.05, 3.63) is 39.1 Å². The van der Waals surface area contributed by atoms with Crippen LogP contribution in [0.5, 0.6) is 0 Å². The maximum atomic E-state index is 12.3. The SMILES string of the molecule is O=C(c1cn(-c2cc(Cl)c(Cl)cc2Cl)nn1)C(F)(F)F. The Morgan fingerprint density at radius 2 is 1.70 bits per heavy atom. The van der Waals surface area contributed by atoms with Gasteiger partial charge in [0.25, 0.3) is 5.78 Å². The molecule has 0 fully saturated rings. The van der Waals surface area contributed by atoms with Crippen molar-refractivity contribution in [3.8, 4) is 5.69 Å². The van der Waals surface area contributed by atoms with Crippen molar-refractivity contribution in [1.82, 2.24) is 15.0 Å². The number of benzene rings is 1. The molecule has 10 heteroatoms. The van der Waals surface area contributed by atoms with Gasteiger partial charge in [0.05, 0.1) is 27.0 Å². The zero-order valence-corrected chi connectivity index (χ0v) is 11.5. The molecule has 0 saturated heterocycles. The molecule has 106 valence electrons. The van der Waals surface area contributed by atoms with Crippen LogP contribution in [0.3, 0.4) is 0 Å². The van der Waals surface area contributed by atoms with Crippen LogP contribution in [0.1, 0.15) is 10.5 Å². The topological polar surface area (TPSA) is 47.8 Å². The number of Topliss-reactive ketones (excluding diaryl/α,β-unsaturated/α-hetero) is 1. The molecule has 2 rings (SSSR count). The smallest absolute Gasteiger partial charge is 0.282 e. The number of carbonyl (C=O) groups is 1. The van der Waals surface area contributed by atoms with E-state index < -0.39 is 17.7 Å². The number of aromatic nitrogens is 3. The van der Waals surface area contributed by atoms with Gasteiger partial charge in [0.2, 0.25) is 0 Å². The number of ketones is 1. The number of carbonyl (C=O) groups excluding carboxylic acids is 1. The van der Waals surface area contributed by atoms with Crippen LogP contribution < -0.4 is 0 Å². The summed E-state index contributed by atoms with van der Waals surface area (Å²) >= 11 is 17.4. The summed E-state index contributed by atoms with van der Waals surface area (Å²) in [4.78, 5) is 11.0. The lowest BCUT2D eigenvalue weighted by Crippen LogP contribution is -2.23. The second kappa shape index (κ2) is 5.23. The van der Waals surface area contributed by atoms with E-state index in [0.717, 1.165) is 10.9 Å². The summed E-state index contributed by atoms with van der Waals surface area (Å²) in [6, 6.07) is 2.59. The van der Waals surface area contributed by atoms with E-state index in [9.17, 15) is 18.0 Å². The number of hydrogen-bond acceptors (Lipinski definition) is 3. The number of rotatable bonds is 2. The zero-order valence-electron chi connectivity index (χ0n) is 9.25. The molecule has 0 radical (unpaired) electrons. The van der Waals surface area contributed by atoms with Crippen LogP contribution in [0.25, 0.3) is 5.69 Å². The molecule has 20 heavy (non-hydrogen) atoms. The lowest BCUT2D eigenvalue weighted by atomic mass is 10.3. The Bertz CT molecular complexity index is 684. The molecule has 0 spiro atoms. The molecular formula is C10H3Cl3F3N3O. The van der Waals surface area contributed by atoms with E-state index in [2.05, 4.69) is 10.3 Å². The second-order valence-electron chi connectivity index (χ2n) is 3.59. The van der Waals surface area contributed by atoms with E-state index in [-0.39, 0.29) is 20.8 Å². The average Bonchev–Trinajstić information content (AvgIpc) is 2.80. The van der Waals surface area contributed by atoms with Gasteiger partial charge in [-0.3, -0.25) is 4.79 Å². The van der Waals surface area contributed by atoms with Gasteiger partial charge in [-0.2, -0.15) is 13.2 Å². The first kappa shape index (κ1) is 15.1. The van der Waals surface area contributed by atoms with Crippen molar-refractivity contribution in [2.24, 2.45) is 0 Å². The van der Waals surface area contributed by atoms with Crippen LogP contribution in [-0.4, -0.2) is 27.0 Å². The van der Waals surface area contributed by atoms with Gasteiger partial charge >= 0.3 is 6.18 Å². The van der Waals surface area contributed by atoms with Crippen molar-refractivity contribution in [2.75, 3.05) is 0 Å². The van der Waals surface area contributed by atoms with E-state index in [1.54, 1.807) is 0 Å². The van der Waals surface area contributed by atoms with Crippen LogP contribution in [-0.2, 0) is 0 Å². The van der Waals surface area contributed by atoms with Crippen LogP contribution in [0.4, 0.5) is 13.2 Å². The van der Waals surface area contributed by atoms with Crippen molar-refractivity contribution < 1.29 is 18.0 Å². The van der Waals surface area contributed by atoms with Gasteiger partial charge in [-0.25, -0.2) is 4.68 Å². The molecule has 0 saturated carbocycles. The molecule has 1 aromatic heterocycles. The first-order valence-corrected chi connectivity index (χ1v) is 6.02. The van der Waals surface area contributed by atoms with Crippen molar-refractivity contribution >= 4 is 40.6 Å². The van der Waals surface area contributed by atoms with Gasteiger partial charge in [0, 0.05) is 0 Å². The Balaban J connectivity index is 2.44. The molecule has 0 aliphatic heterocycles. The first-order chi connectivity index (χ1) is 9.20. The van der Waals surface area contributed by atoms with E-state index in [1.165, 1.54) is 12.1 Å². The molecule has 0 atom stereocenters. The zero-order chi connectivity index (χ0) is 15.1. The highest BCUT2D eigenvalue weighted by atomic mass is 35.5. The molecule has 0 aliphatic rings. The lowest BCUT2D eigenvalue weighted by molar-refractivity contribution is -0.0888. The Hall–Kier alpha value is -1.31. The normalized spacial score (nSPS) is 11.7. The van der Waals surface area contributed by atoms with E-state index >= 15 is 0 Å². The van der Waals surface area contributed by atoms with Gasteiger partial charge in [-0.15, -0.1) is 5.10 Å². The molecule has 4 nitrogen and oxygen atoms in total. The highest BCUT2D eigenvalue weighted by Gasteiger charge is 2.41. The summed E-state index contributed by atoms with van der Waals surface area (Å²) in [5.74, 6) is -2.10. The predicted octanol–water partition coefficient (Wildman–Crippen LogP) is 3.97. The van der Waals surface area contributed by atoms with Crippen LogP contribution in [0.15, 0.2) is 18.3 Å². The highest BCUT2D eigenvalue weighted by molar-refractivity contribution is 6.43. The number of nitrogens with zero attached hydrogens (tertiary/aromatic N) is 3. The molecule has 0 unspecified atom stereocenters. The van der Waals surface area contributed by atoms with Gasteiger partial charge in [-0.05, 0) is 12.1 Å². The van der Waals surface area contributed by atoms with E-state index in [0.29, 0.717) is 0 Å². The molecule has 2 aromatic rings. The average molecular weight is 345 g/mol. The molecule has 0 aliphatic carbocycles. The largest absolute Gasteiger partial charge is 0.456 e. The summed E-state index contributed by atoms with van der Waals surface area (Å²) in [6.07, 6.45) is -4.22. The summed E-state index contributed by atoms with van der Waals surface area (Å²) in [5.41, 5.74) is -0.700. The van der Waals surface area contributed by atoms with Crippen molar-refractivity contribution in [2.45, 2.75) is 6.18 Å². The molecular weight excluding hydrogens is 341 g/mol. The third kappa shape index (κ3) is 2.89. The molecule has 0 amide bonds. The number of hydrogen-bond donors (Lipinski definition) is 0. The lowest BCUT2D eigenvalue weighted by Gasteiger charge is -2.05. The minimum atomic E-state index is -5.03. The quantitative estimate of drug-likeness (QED) is 0.612. The number of halogens is 6. The van der Waals surface area contributed by atoms with Crippen LogP contribution in [0, 0.1) is 0 Å². The fourth-order valence-electron chi connectivity index (χ4n) is 1.32. The van der Waals surface area contributed by atoms with Gasteiger partial charge in [0.1, 0.15) is 0 Å². The fraction of sp³-hybridized carbons (Fsp3) is 0.100. The molecule has 1 heterocycles. The van der Waals surface area contributed by atoms with E-state index in [1.807, 2.05) is 0 Å². The van der Waals surface area contributed by atoms with Crippen LogP contribution >= 0.6 is 34.8 Å². The van der Waals surface area contributed by atoms with Crippen LogP contribution in [0.2, 0.25) is 15.1 Å². The Labute approximate surface area is 125 Å². The molecule has 0 N–H and O–H groups in total. The van der Waals surface area contributed by atoms with Crippen molar-refractivity contribution in [1.29, 1.82) is 0 Å². The third-order valence-corrected chi connectivity index (χ3v) is 3.24. The fourth-order valence-corrected chi connectivity index (χ4v) is 1.95. The monoisotopic (exact) mass is 343 g/mol. The Kier molecular flexibility index (Phi) is 3.95. The van der Waals surface area contributed by atoms with Gasteiger partial charge in [0.15, 0.2) is 5.69 Å². The third-order valence-electron chi connectivity index (χ3n) is 2.22. The summed E-state index contributed by atoms with van der Waals surface area (Å²) in [5, 5.41) is 6.97. The molecule has 1 aromatic carbocycles. The molecule has 0 bridgehead atoms. The summed E-state index contributed by atoms with van der Waals surface area (Å²) in [6.45, 7) is 0. The Morgan fingerprint density at radius 3 is 2.30 bits per heavy atom.